The molecule has 5 rings (SSSR count). The summed E-state index contributed by atoms with van der Waals surface area (Å²) < 4.78 is 87.9. The average Bonchev–Trinajstić information content (AvgIpc) is 3.23. The molecule has 0 radical (unpaired) electrons. The van der Waals surface area contributed by atoms with Crippen molar-refractivity contribution in [1.82, 2.24) is 20.1 Å². The van der Waals surface area contributed by atoms with E-state index in [-0.39, 0.29) is 29.0 Å². The molecule has 2 aliphatic rings. The molecule has 2 fully saturated rings. The zero-order valence-electron chi connectivity index (χ0n) is 20.9. The lowest BCUT2D eigenvalue weighted by Crippen LogP contribution is -2.58. The normalized spacial score (nSPS) is 22.4. The summed E-state index contributed by atoms with van der Waals surface area (Å²) in [6, 6.07) is 4.93. The molecule has 8 nitrogen and oxygen atoms in total. The number of amides is 2. The number of nitrogens with zero attached hydrogens (tertiary/aromatic N) is 3. The van der Waals surface area contributed by atoms with E-state index < -0.39 is 52.1 Å². The van der Waals surface area contributed by atoms with Gasteiger partial charge in [-0.3, -0.25) is 14.3 Å². The van der Waals surface area contributed by atoms with Gasteiger partial charge in [-0.05, 0) is 67.0 Å². The molecule has 14 heteroatoms. The fraction of sp³-hybridized carbons (Fsp3) is 0.385. The van der Waals surface area contributed by atoms with Crippen molar-refractivity contribution in [3.05, 3.63) is 65.1 Å². The number of carbonyl (C=O) groups excluding carboxylic acids is 2. The van der Waals surface area contributed by atoms with Gasteiger partial charge in [-0.1, -0.05) is 0 Å². The number of benzene rings is 1. The van der Waals surface area contributed by atoms with Gasteiger partial charge < -0.3 is 15.8 Å². The number of aromatic nitrogens is 3. The van der Waals surface area contributed by atoms with Gasteiger partial charge in [-0.2, -0.15) is 31.4 Å². The van der Waals surface area contributed by atoms with Crippen molar-refractivity contribution in [1.29, 1.82) is 0 Å². The summed E-state index contributed by atoms with van der Waals surface area (Å²) >= 11 is 0. The summed E-state index contributed by atoms with van der Waals surface area (Å²) in [6.45, 7) is 0. The number of ether oxygens (including phenoxy) is 1. The minimum Gasteiger partial charge on any atom is -0.474 e. The SMILES string of the molecule is Cn1cc(-c2cc(C(=O)NC3CC4(C3)CC(Oc3ncccc3C(N)=O)C4)cc(C(F)(F)F)c2)c(C(F)(F)F)n1. The lowest BCUT2D eigenvalue weighted by Gasteiger charge is -2.57. The summed E-state index contributed by atoms with van der Waals surface area (Å²) in [5, 5.41) is 6.03. The van der Waals surface area contributed by atoms with E-state index in [9.17, 15) is 35.9 Å². The number of alkyl halides is 6. The summed E-state index contributed by atoms with van der Waals surface area (Å²) in [5.74, 6) is -1.35. The summed E-state index contributed by atoms with van der Waals surface area (Å²) in [4.78, 5) is 28.5. The number of aryl methyl sites for hydroxylation is 1. The molecule has 0 saturated heterocycles. The first-order valence-corrected chi connectivity index (χ1v) is 12.2. The zero-order valence-corrected chi connectivity index (χ0v) is 20.9. The summed E-state index contributed by atoms with van der Waals surface area (Å²) in [6.07, 6.45) is -5.22. The van der Waals surface area contributed by atoms with Crippen LogP contribution >= 0.6 is 0 Å². The van der Waals surface area contributed by atoms with E-state index in [1.165, 1.54) is 19.3 Å². The number of halogens is 6. The molecular formula is C26H23F6N5O3. The van der Waals surface area contributed by atoms with E-state index in [1.807, 2.05) is 0 Å². The Balaban J connectivity index is 1.27. The predicted octanol–water partition coefficient (Wildman–Crippen LogP) is 4.74. The second kappa shape index (κ2) is 9.52. The third-order valence-electron chi connectivity index (χ3n) is 7.26. The highest BCUT2D eigenvalue weighted by molar-refractivity contribution is 5.96. The van der Waals surface area contributed by atoms with E-state index >= 15 is 0 Å². The molecular weight excluding hydrogens is 544 g/mol. The Morgan fingerprint density at radius 3 is 2.40 bits per heavy atom. The molecule has 2 saturated carbocycles. The first-order valence-electron chi connectivity index (χ1n) is 12.2. The lowest BCUT2D eigenvalue weighted by atomic mass is 9.53. The van der Waals surface area contributed by atoms with Crippen molar-refractivity contribution in [3.8, 4) is 17.0 Å². The van der Waals surface area contributed by atoms with Crippen LogP contribution in [0.5, 0.6) is 5.88 Å². The number of nitrogens with one attached hydrogen (secondary N) is 1. The fourth-order valence-electron chi connectivity index (χ4n) is 5.50. The van der Waals surface area contributed by atoms with Gasteiger partial charge in [0.05, 0.1) is 5.56 Å². The monoisotopic (exact) mass is 567 g/mol. The van der Waals surface area contributed by atoms with Crippen molar-refractivity contribution in [2.24, 2.45) is 18.2 Å². The van der Waals surface area contributed by atoms with Crippen molar-refractivity contribution in [2.45, 2.75) is 50.2 Å². The Labute approximate surface area is 223 Å². The molecule has 3 aromatic rings. The molecule has 3 N–H and O–H groups in total. The summed E-state index contributed by atoms with van der Waals surface area (Å²) in [7, 11) is 1.22. The van der Waals surface area contributed by atoms with Crippen LogP contribution in [0.25, 0.3) is 11.1 Å². The summed E-state index contributed by atoms with van der Waals surface area (Å²) in [5.41, 5.74) is 1.38. The van der Waals surface area contributed by atoms with Crippen LogP contribution in [-0.2, 0) is 19.4 Å². The molecule has 0 bridgehead atoms. The standard InChI is InChI=1S/C26H23F6N5O3/c1-37-12-19(20(36-37)26(30,31)32)13-5-14(7-15(6-13)25(27,28)29)22(39)35-16-8-24(9-16)10-17(11-24)40-23-18(21(33)38)3-2-4-34-23/h2-7,12,16-17H,8-11H2,1H3,(H2,33,38)(H,35,39). The molecule has 0 atom stereocenters. The number of rotatable bonds is 6. The van der Waals surface area contributed by atoms with E-state index in [1.54, 1.807) is 6.07 Å². The van der Waals surface area contributed by atoms with Crippen LogP contribution < -0.4 is 15.8 Å². The molecule has 2 heterocycles. The van der Waals surface area contributed by atoms with E-state index in [0.717, 1.165) is 16.9 Å². The number of carbonyl (C=O) groups is 2. The third kappa shape index (κ3) is 5.34. The van der Waals surface area contributed by atoms with Crippen molar-refractivity contribution < 1.29 is 40.7 Å². The fourth-order valence-corrected chi connectivity index (χ4v) is 5.50. The quantitative estimate of drug-likeness (QED) is 0.418. The maximum absolute atomic E-state index is 13.6. The molecule has 0 aliphatic heterocycles. The number of hydrogen-bond donors (Lipinski definition) is 2. The second-order valence-corrected chi connectivity index (χ2v) is 10.3. The van der Waals surface area contributed by atoms with Gasteiger partial charge in [-0.25, -0.2) is 4.98 Å². The van der Waals surface area contributed by atoms with Crippen LogP contribution in [0.15, 0.2) is 42.7 Å². The topological polar surface area (TPSA) is 112 Å². The highest BCUT2D eigenvalue weighted by atomic mass is 19.4. The molecule has 2 aliphatic carbocycles. The minimum absolute atomic E-state index is 0.124. The smallest absolute Gasteiger partial charge is 0.435 e. The highest BCUT2D eigenvalue weighted by Crippen LogP contribution is 2.57. The number of hydrogen-bond acceptors (Lipinski definition) is 5. The minimum atomic E-state index is -4.91. The van der Waals surface area contributed by atoms with E-state index in [0.29, 0.717) is 37.8 Å². The first-order chi connectivity index (χ1) is 18.6. The largest absolute Gasteiger partial charge is 0.474 e. The van der Waals surface area contributed by atoms with Crippen LogP contribution in [0.1, 0.15) is 57.7 Å². The van der Waals surface area contributed by atoms with Gasteiger partial charge in [0.1, 0.15) is 11.7 Å². The Hall–Kier alpha value is -4.10. The van der Waals surface area contributed by atoms with Crippen molar-refractivity contribution in [2.75, 3.05) is 0 Å². The second-order valence-electron chi connectivity index (χ2n) is 10.3. The Morgan fingerprint density at radius 1 is 1.07 bits per heavy atom. The van der Waals surface area contributed by atoms with Crippen LogP contribution in [0.4, 0.5) is 26.3 Å². The van der Waals surface area contributed by atoms with Gasteiger partial charge in [0, 0.05) is 36.6 Å². The number of nitrogens with two attached hydrogens (primary N) is 1. The average molecular weight is 567 g/mol. The van der Waals surface area contributed by atoms with E-state index in [4.69, 9.17) is 10.5 Å². The predicted molar refractivity (Wildman–Crippen MR) is 128 cm³/mol. The molecule has 1 spiro atoms. The van der Waals surface area contributed by atoms with Gasteiger partial charge in [0.25, 0.3) is 11.8 Å². The van der Waals surface area contributed by atoms with Crippen LogP contribution in [0, 0.1) is 5.41 Å². The van der Waals surface area contributed by atoms with Crippen LogP contribution in [0.2, 0.25) is 0 Å². The lowest BCUT2D eigenvalue weighted by molar-refractivity contribution is -0.141. The van der Waals surface area contributed by atoms with Gasteiger partial charge in [0.15, 0.2) is 5.69 Å². The van der Waals surface area contributed by atoms with E-state index in [2.05, 4.69) is 15.4 Å². The maximum atomic E-state index is 13.6. The van der Waals surface area contributed by atoms with Crippen molar-refractivity contribution >= 4 is 11.8 Å². The first kappa shape index (κ1) is 27.5. The van der Waals surface area contributed by atoms with Gasteiger partial charge in [-0.15, -0.1) is 0 Å². The molecule has 212 valence electrons. The van der Waals surface area contributed by atoms with Crippen LogP contribution in [-0.4, -0.2) is 38.7 Å². The maximum Gasteiger partial charge on any atom is 0.435 e. The molecule has 40 heavy (non-hydrogen) atoms. The molecule has 1 aromatic carbocycles. The molecule has 0 unspecified atom stereocenters. The zero-order chi connectivity index (χ0) is 29.0. The van der Waals surface area contributed by atoms with Crippen LogP contribution in [0.3, 0.4) is 0 Å². The third-order valence-corrected chi connectivity index (χ3v) is 7.26. The number of primary amides is 1. The van der Waals surface area contributed by atoms with Gasteiger partial charge in [0.2, 0.25) is 5.88 Å². The Bertz CT molecular complexity index is 1470. The Morgan fingerprint density at radius 2 is 1.77 bits per heavy atom. The van der Waals surface area contributed by atoms with Crippen molar-refractivity contribution in [3.63, 3.8) is 0 Å². The molecule has 2 amide bonds. The number of pyridine rings is 1. The van der Waals surface area contributed by atoms with Gasteiger partial charge >= 0.3 is 12.4 Å². The molecule has 2 aromatic heterocycles. The Kier molecular flexibility index (Phi) is 6.54. The highest BCUT2D eigenvalue weighted by Gasteiger charge is 2.54.